The van der Waals surface area contributed by atoms with Crippen molar-refractivity contribution in [2.45, 2.75) is 6.42 Å². The van der Waals surface area contributed by atoms with Crippen LogP contribution in [0, 0.1) is 0 Å². The fraction of sp³-hybridized carbons (Fsp3) is 0.333. The molecule has 1 aromatic carbocycles. The van der Waals surface area contributed by atoms with Crippen LogP contribution in [0.15, 0.2) is 30.5 Å². The first-order valence-electron chi connectivity index (χ1n) is 6.87. The maximum absolute atomic E-state index is 12.2. The third-order valence-corrected chi connectivity index (χ3v) is 3.15. The molecule has 112 valence electrons. The van der Waals surface area contributed by atoms with Crippen molar-refractivity contribution < 1.29 is 9.53 Å². The Kier molecular flexibility index (Phi) is 5.34. The Morgan fingerprint density at radius 1 is 1.29 bits per heavy atom. The number of carbonyl (C=O) groups excluding carboxylic acids is 1. The molecule has 0 atom stereocenters. The second kappa shape index (κ2) is 7.44. The van der Waals surface area contributed by atoms with Gasteiger partial charge in [0, 0.05) is 12.1 Å². The van der Waals surface area contributed by atoms with Gasteiger partial charge < -0.3 is 15.4 Å². The number of carbonyl (C=O) groups is 1. The van der Waals surface area contributed by atoms with Gasteiger partial charge in [-0.15, -0.1) is 0 Å². The van der Waals surface area contributed by atoms with E-state index in [-0.39, 0.29) is 5.91 Å². The molecule has 0 saturated heterocycles. The van der Waals surface area contributed by atoms with Crippen molar-refractivity contribution in [2.24, 2.45) is 0 Å². The third-order valence-electron chi connectivity index (χ3n) is 3.15. The number of benzene rings is 1. The highest BCUT2D eigenvalue weighted by Crippen LogP contribution is 2.23. The van der Waals surface area contributed by atoms with Gasteiger partial charge >= 0.3 is 0 Å². The number of amides is 1. The number of ether oxygens (including phenoxy) is 1. The van der Waals surface area contributed by atoms with E-state index in [1.165, 1.54) is 0 Å². The van der Waals surface area contributed by atoms with Crippen molar-refractivity contribution in [2.75, 3.05) is 27.2 Å². The Labute approximate surface area is 123 Å². The van der Waals surface area contributed by atoms with Gasteiger partial charge in [0.2, 0.25) is 0 Å². The summed E-state index contributed by atoms with van der Waals surface area (Å²) in [6.07, 6.45) is 2.44. The van der Waals surface area contributed by atoms with Crippen LogP contribution in [0.3, 0.4) is 0 Å². The second-order valence-electron chi connectivity index (χ2n) is 4.60. The van der Waals surface area contributed by atoms with Gasteiger partial charge in [0.25, 0.3) is 5.91 Å². The molecule has 0 aliphatic rings. The standard InChI is InChI=1S/C15H20N4O2/c1-16-8-3-9-17-15(20)13-10-18-19-14(13)11-4-6-12(21-2)7-5-11/h4-7,10,16H,3,8-9H2,1-2H3,(H,17,20)(H,18,19). The van der Waals surface area contributed by atoms with E-state index in [1.54, 1.807) is 13.3 Å². The molecule has 0 bridgehead atoms. The number of aromatic amines is 1. The van der Waals surface area contributed by atoms with Gasteiger partial charge in [-0.05, 0) is 44.3 Å². The van der Waals surface area contributed by atoms with Crippen molar-refractivity contribution >= 4 is 5.91 Å². The molecule has 2 aromatic rings. The van der Waals surface area contributed by atoms with Crippen LogP contribution in [0.5, 0.6) is 5.75 Å². The lowest BCUT2D eigenvalue weighted by Gasteiger charge is -2.06. The van der Waals surface area contributed by atoms with Gasteiger partial charge in [0.1, 0.15) is 5.75 Å². The number of nitrogens with zero attached hydrogens (tertiary/aromatic N) is 1. The average molecular weight is 288 g/mol. The molecule has 0 fully saturated rings. The largest absolute Gasteiger partial charge is 0.497 e. The van der Waals surface area contributed by atoms with Gasteiger partial charge in [-0.25, -0.2) is 0 Å². The van der Waals surface area contributed by atoms with Crippen molar-refractivity contribution in [1.29, 1.82) is 0 Å². The molecule has 0 spiro atoms. The lowest BCUT2D eigenvalue weighted by atomic mass is 10.1. The van der Waals surface area contributed by atoms with Crippen LogP contribution >= 0.6 is 0 Å². The zero-order valence-corrected chi connectivity index (χ0v) is 12.3. The summed E-state index contributed by atoms with van der Waals surface area (Å²) in [4.78, 5) is 12.2. The summed E-state index contributed by atoms with van der Waals surface area (Å²) in [5.74, 6) is 0.655. The predicted molar refractivity (Wildman–Crippen MR) is 81.5 cm³/mol. The van der Waals surface area contributed by atoms with E-state index in [0.29, 0.717) is 17.8 Å². The molecular weight excluding hydrogens is 268 g/mol. The Morgan fingerprint density at radius 3 is 2.71 bits per heavy atom. The lowest BCUT2D eigenvalue weighted by molar-refractivity contribution is 0.0954. The Morgan fingerprint density at radius 2 is 2.05 bits per heavy atom. The van der Waals surface area contributed by atoms with E-state index < -0.39 is 0 Å². The molecule has 0 radical (unpaired) electrons. The number of hydrogen-bond donors (Lipinski definition) is 3. The highest BCUT2D eigenvalue weighted by molar-refractivity contribution is 5.99. The highest BCUT2D eigenvalue weighted by atomic mass is 16.5. The quantitative estimate of drug-likeness (QED) is 0.673. The van der Waals surface area contributed by atoms with Crippen LogP contribution in [0.2, 0.25) is 0 Å². The van der Waals surface area contributed by atoms with E-state index in [2.05, 4.69) is 20.8 Å². The van der Waals surface area contributed by atoms with Crippen molar-refractivity contribution in [1.82, 2.24) is 20.8 Å². The molecule has 6 nitrogen and oxygen atoms in total. The number of hydrogen-bond acceptors (Lipinski definition) is 4. The molecule has 0 saturated carbocycles. The molecule has 1 aromatic heterocycles. The fourth-order valence-electron chi connectivity index (χ4n) is 2.00. The summed E-state index contributed by atoms with van der Waals surface area (Å²) in [5, 5.41) is 12.8. The molecule has 0 aliphatic carbocycles. The lowest BCUT2D eigenvalue weighted by Crippen LogP contribution is -2.26. The van der Waals surface area contributed by atoms with Crippen molar-refractivity contribution in [3.63, 3.8) is 0 Å². The second-order valence-corrected chi connectivity index (χ2v) is 4.60. The number of aromatic nitrogens is 2. The van der Waals surface area contributed by atoms with E-state index in [1.807, 2.05) is 31.3 Å². The first-order chi connectivity index (χ1) is 10.3. The molecule has 6 heteroatoms. The summed E-state index contributed by atoms with van der Waals surface area (Å²) >= 11 is 0. The summed E-state index contributed by atoms with van der Waals surface area (Å²) in [6, 6.07) is 7.49. The van der Waals surface area contributed by atoms with Crippen LogP contribution in [-0.4, -0.2) is 43.4 Å². The average Bonchev–Trinajstić information content (AvgIpc) is 3.01. The molecule has 1 heterocycles. The Bertz CT molecular complexity index is 578. The van der Waals surface area contributed by atoms with Gasteiger partial charge in [0.15, 0.2) is 0 Å². The van der Waals surface area contributed by atoms with Crippen LogP contribution in [0.1, 0.15) is 16.8 Å². The third kappa shape index (κ3) is 3.82. The van der Waals surface area contributed by atoms with Gasteiger partial charge in [0.05, 0.1) is 24.6 Å². The predicted octanol–water partition coefficient (Wildman–Crippen LogP) is 1.42. The van der Waals surface area contributed by atoms with E-state index >= 15 is 0 Å². The zero-order valence-electron chi connectivity index (χ0n) is 12.3. The van der Waals surface area contributed by atoms with Gasteiger partial charge in [-0.2, -0.15) is 5.10 Å². The number of rotatable bonds is 7. The molecule has 3 N–H and O–H groups in total. The normalized spacial score (nSPS) is 10.4. The zero-order chi connectivity index (χ0) is 15.1. The molecule has 2 rings (SSSR count). The first kappa shape index (κ1) is 15.1. The Hall–Kier alpha value is -2.34. The summed E-state index contributed by atoms with van der Waals surface area (Å²) < 4.78 is 5.13. The Balaban J connectivity index is 2.08. The van der Waals surface area contributed by atoms with Crippen LogP contribution < -0.4 is 15.4 Å². The van der Waals surface area contributed by atoms with Crippen LogP contribution in [0.25, 0.3) is 11.3 Å². The van der Waals surface area contributed by atoms with E-state index in [0.717, 1.165) is 24.3 Å². The van der Waals surface area contributed by atoms with E-state index in [9.17, 15) is 4.79 Å². The molecule has 0 aliphatic heterocycles. The van der Waals surface area contributed by atoms with Crippen LogP contribution in [-0.2, 0) is 0 Å². The van der Waals surface area contributed by atoms with E-state index in [4.69, 9.17) is 4.74 Å². The maximum Gasteiger partial charge on any atom is 0.255 e. The minimum Gasteiger partial charge on any atom is -0.497 e. The van der Waals surface area contributed by atoms with Crippen LogP contribution in [0.4, 0.5) is 0 Å². The molecule has 1 amide bonds. The number of H-pyrrole nitrogens is 1. The molecular formula is C15H20N4O2. The summed E-state index contributed by atoms with van der Waals surface area (Å²) in [7, 11) is 3.51. The number of nitrogens with one attached hydrogen (secondary N) is 3. The van der Waals surface area contributed by atoms with Gasteiger partial charge in [-0.1, -0.05) is 0 Å². The smallest absolute Gasteiger partial charge is 0.255 e. The monoisotopic (exact) mass is 288 g/mol. The number of methoxy groups -OCH3 is 1. The summed E-state index contributed by atoms with van der Waals surface area (Å²) in [6.45, 7) is 1.50. The van der Waals surface area contributed by atoms with Gasteiger partial charge in [-0.3, -0.25) is 9.89 Å². The fourth-order valence-corrected chi connectivity index (χ4v) is 2.00. The SMILES string of the molecule is CNCCCNC(=O)c1cn[nH]c1-c1ccc(OC)cc1. The van der Waals surface area contributed by atoms with Crippen molar-refractivity contribution in [3.8, 4) is 17.0 Å². The minimum atomic E-state index is -0.120. The minimum absolute atomic E-state index is 0.120. The molecule has 21 heavy (non-hydrogen) atoms. The highest BCUT2D eigenvalue weighted by Gasteiger charge is 2.14. The molecule has 0 unspecified atom stereocenters. The first-order valence-corrected chi connectivity index (χ1v) is 6.87. The topological polar surface area (TPSA) is 79.0 Å². The summed E-state index contributed by atoms with van der Waals surface area (Å²) in [5.41, 5.74) is 2.15. The maximum atomic E-state index is 12.2. The van der Waals surface area contributed by atoms with Crippen molar-refractivity contribution in [3.05, 3.63) is 36.0 Å².